The second-order valence-electron chi connectivity index (χ2n) is 6.21. The number of nitrogens with zero attached hydrogens (tertiary/aromatic N) is 1. The minimum atomic E-state index is -0.258. The summed E-state index contributed by atoms with van der Waals surface area (Å²) < 4.78 is 5.17. The van der Waals surface area contributed by atoms with Gasteiger partial charge in [-0.05, 0) is 49.2 Å². The van der Waals surface area contributed by atoms with E-state index >= 15 is 0 Å². The average Bonchev–Trinajstić information content (AvgIpc) is 2.65. The number of carbonyl (C=O) groups excluding carboxylic acids is 1. The van der Waals surface area contributed by atoms with E-state index in [4.69, 9.17) is 16.3 Å². The van der Waals surface area contributed by atoms with Crippen LogP contribution in [-0.2, 0) is 0 Å². The molecule has 3 rings (SSSR count). The first-order valence-corrected chi connectivity index (χ1v) is 8.78. The van der Waals surface area contributed by atoms with Crippen LogP contribution in [0.3, 0.4) is 0 Å². The fraction of sp³-hybridized carbons (Fsp3) is 0.143. The van der Waals surface area contributed by atoms with Crippen LogP contribution < -0.4 is 15.4 Å². The molecule has 0 aliphatic heterocycles. The van der Waals surface area contributed by atoms with Gasteiger partial charge in [0.05, 0.1) is 35.3 Å². The number of anilines is 3. The molecule has 1 heterocycles. The number of rotatable bonds is 5. The van der Waals surface area contributed by atoms with Crippen molar-refractivity contribution >= 4 is 34.6 Å². The lowest BCUT2D eigenvalue weighted by Crippen LogP contribution is -2.12. The van der Waals surface area contributed by atoms with Crippen LogP contribution in [-0.4, -0.2) is 18.0 Å². The summed E-state index contributed by atoms with van der Waals surface area (Å²) in [5, 5.41) is 6.72. The van der Waals surface area contributed by atoms with Gasteiger partial charge in [-0.25, -0.2) is 0 Å². The maximum Gasteiger partial charge on any atom is 0.257 e. The van der Waals surface area contributed by atoms with E-state index < -0.39 is 0 Å². The van der Waals surface area contributed by atoms with E-state index in [0.717, 1.165) is 16.8 Å². The highest BCUT2D eigenvalue weighted by Crippen LogP contribution is 2.30. The molecular weight excluding hydrogens is 362 g/mol. The van der Waals surface area contributed by atoms with Gasteiger partial charge in [0.15, 0.2) is 0 Å². The summed E-state index contributed by atoms with van der Waals surface area (Å²) in [6, 6.07) is 12.8. The zero-order valence-corrected chi connectivity index (χ0v) is 16.1. The molecule has 0 spiro atoms. The van der Waals surface area contributed by atoms with E-state index in [1.807, 2.05) is 38.1 Å². The Bertz CT molecular complexity index is 966. The first-order valence-electron chi connectivity index (χ1n) is 8.40. The van der Waals surface area contributed by atoms with Crippen molar-refractivity contribution in [2.75, 3.05) is 17.7 Å². The fourth-order valence-electron chi connectivity index (χ4n) is 2.75. The maximum atomic E-state index is 12.6. The summed E-state index contributed by atoms with van der Waals surface area (Å²) in [4.78, 5) is 16.7. The van der Waals surface area contributed by atoms with E-state index in [0.29, 0.717) is 27.7 Å². The van der Waals surface area contributed by atoms with Crippen molar-refractivity contribution in [3.05, 3.63) is 76.6 Å². The minimum Gasteiger partial charge on any atom is -0.497 e. The number of aromatic nitrogens is 1. The summed E-state index contributed by atoms with van der Waals surface area (Å²) in [5.41, 5.74) is 4.68. The topological polar surface area (TPSA) is 63.2 Å². The Hall–Kier alpha value is -3.05. The summed E-state index contributed by atoms with van der Waals surface area (Å²) in [6.07, 6.45) is 3.17. The molecule has 1 aromatic heterocycles. The van der Waals surface area contributed by atoms with Gasteiger partial charge in [-0.2, -0.15) is 0 Å². The van der Waals surface area contributed by atoms with E-state index in [9.17, 15) is 4.79 Å². The van der Waals surface area contributed by atoms with Crippen molar-refractivity contribution in [3.8, 4) is 5.75 Å². The van der Waals surface area contributed by atoms with Gasteiger partial charge in [-0.3, -0.25) is 9.78 Å². The SMILES string of the molecule is COc1cccc(NC(=O)c2cncc(Nc3c(C)cc(C)cc3Cl)c2)c1. The van der Waals surface area contributed by atoms with E-state index in [-0.39, 0.29) is 5.91 Å². The van der Waals surface area contributed by atoms with Gasteiger partial charge in [0, 0.05) is 18.0 Å². The Labute approximate surface area is 163 Å². The Kier molecular flexibility index (Phi) is 5.62. The number of amides is 1. The molecule has 27 heavy (non-hydrogen) atoms. The molecule has 138 valence electrons. The summed E-state index contributed by atoms with van der Waals surface area (Å²) in [5.74, 6) is 0.414. The molecule has 0 bridgehead atoms. The van der Waals surface area contributed by atoms with Crippen LogP contribution in [0.15, 0.2) is 54.9 Å². The van der Waals surface area contributed by atoms with E-state index in [1.165, 1.54) is 6.20 Å². The van der Waals surface area contributed by atoms with Crippen molar-refractivity contribution in [1.82, 2.24) is 4.98 Å². The first-order chi connectivity index (χ1) is 13.0. The van der Waals surface area contributed by atoms with Crippen molar-refractivity contribution in [1.29, 1.82) is 0 Å². The molecule has 5 nitrogen and oxygen atoms in total. The molecule has 0 fully saturated rings. The molecular formula is C21H20ClN3O2. The number of aryl methyl sites for hydroxylation is 2. The second kappa shape index (κ2) is 8.10. The molecule has 0 radical (unpaired) electrons. The molecule has 1 amide bonds. The number of carbonyl (C=O) groups is 1. The number of nitrogens with one attached hydrogen (secondary N) is 2. The van der Waals surface area contributed by atoms with Crippen LogP contribution in [0.4, 0.5) is 17.1 Å². The highest BCUT2D eigenvalue weighted by Gasteiger charge is 2.10. The van der Waals surface area contributed by atoms with Gasteiger partial charge in [0.1, 0.15) is 5.75 Å². The molecule has 0 aliphatic rings. The third-order valence-electron chi connectivity index (χ3n) is 4.03. The van der Waals surface area contributed by atoms with Crippen LogP contribution in [0, 0.1) is 13.8 Å². The van der Waals surface area contributed by atoms with Crippen molar-refractivity contribution in [2.45, 2.75) is 13.8 Å². The van der Waals surface area contributed by atoms with Crippen molar-refractivity contribution < 1.29 is 9.53 Å². The number of ether oxygens (including phenoxy) is 1. The monoisotopic (exact) mass is 381 g/mol. The lowest BCUT2D eigenvalue weighted by atomic mass is 10.1. The third-order valence-corrected chi connectivity index (χ3v) is 4.33. The number of hydrogen-bond donors (Lipinski definition) is 2. The number of pyridine rings is 1. The summed E-state index contributed by atoms with van der Waals surface area (Å²) in [6.45, 7) is 3.97. The lowest BCUT2D eigenvalue weighted by molar-refractivity contribution is 0.102. The van der Waals surface area contributed by atoms with Gasteiger partial charge in [0.25, 0.3) is 5.91 Å². The number of methoxy groups -OCH3 is 1. The quantitative estimate of drug-likeness (QED) is 0.624. The largest absolute Gasteiger partial charge is 0.497 e. The second-order valence-corrected chi connectivity index (χ2v) is 6.62. The lowest BCUT2D eigenvalue weighted by Gasteiger charge is -2.13. The maximum absolute atomic E-state index is 12.6. The van der Waals surface area contributed by atoms with Gasteiger partial charge in [0.2, 0.25) is 0 Å². The zero-order valence-electron chi connectivity index (χ0n) is 15.3. The molecule has 0 aliphatic carbocycles. The van der Waals surface area contributed by atoms with Gasteiger partial charge in [-0.1, -0.05) is 23.7 Å². The van der Waals surface area contributed by atoms with Crippen LogP contribution >= 0.6 is 11.6 Å². The van der Waals surface area contributed by atoms with Crippen molar-refractivity contribution in [2.24, 2.45) is 0 Å². The van der Waals surface area contributed by atoms with Crippen LogP contribution in [0.25, 0.3) is 0 Å². The van der Waals surface area contributed by atoms with Crippen LogP contribution in [0.1, 0.15) is 21.5 Å². The van der Waals surface area contributed by atoms with Crippen LogP contribution in [0.5, 0.6) is 5.75 Å². The average molecular weight is 382 g/mol. The smallest absolute Gasteiger partial charge is 0.257 e. The number of halogens is 1. The molecule has 0 atom stereocenters. The van der Waals surface area contributed by atoms with Gasteiger partial charge < -0.3 is 15.4 Å². The van der Waals surface area contributed by atoms with Gasteiger partial charge in [-0.15, -0.1) is 0 Å². The first kappa shape index (κ1) is 18.7. The Balaban J connectivity index is 1.80. The van der Waals surface area contributed by atoms with E-state index in [1.54, 1.807) is 31.5 Å². The van der Waals surface area contributed by atoms with E-state index in [2.05, 4.69) is 15.6 Å². The number of benzene rings is 2. The highest BCUT2D eigenvalue weighted by atomic mass is 35.5. The Morgan fingerprint density at radius 3 is 2.63 bits per heavy atom. The number of hydrogen-bond acceptors (Lipinski definition) is 4. The molecule has 2 N–H and O–H groups in total. The molecule has 3 aromatic rings. The third kappa shape index (κ3) is 4.57. The molecule has 6 heteroatoms. The summed E-state index contributed by atoms with van der Waals surface area (Å²) >= 11 is 6.35. The Morgan fingerprint density at radius 2 is 1.89 bits per heavy atom. The van der Waals surface area contributed by atoms with Gasteiger partial charge >= 0.3 is 0 Å². The molecule has 0 saturated carbocycles. The fourth-order valence-corrected chi connectivity index (χ4v) is 3.12. The zero-order chi connectivity index (χ0) is 19.4. The predicted molar refractivity (Wildman–Crippen MR) is 109 cm³/mol. The predicted octanol–water partition coefficient (Wildman–Crippen LogP) is 5.36. The Morgan fingerprint density at radius 1 is 1.07 bits per heavy atom. The molecule has 0 saturated heterocycles. The van der Waals surface area contributed by atoms with Crippen molar-refractivity contribution in [3.63, 3.8) is 0 Å². The highest BCUT2D eigenvalue weighted by molar-refractivity contribution is 6.33. The minimum absolute atomic E-state index is 0.258. The summed E-state index contributed by atoms with van der Waals surface area (Å²) in [7, 11) is 1.58. The van der Waals surface area contributed by atoms with Crippen LogP contribution in [0.2, 0.25) is 5.02 Å². The standard InChI is InChI=1S/C21H20ClN3O2/c1-13-7-14(2)20(19(22)8-13)24-17-9-15(11-23-12-17)21(26)25-16-5-4-6-18(10-16)27-3/h4-12,24H,1-3H3,(H,25,26). The normalized spacial score (nSPS) is 10.4. The molecule has 0 unspecified atom stereocenters. The molecule has 2 aromatic carbocycles.